The Morgan fingerprint density at radius 2 is 1.71 bits per heavy atom. The molecule has 2 aromatic rings. The van der Waals surface area contributed by atoms with Crippen LogP contribution in [0.2, 0.25) is 0 Å². The second kappa shape index (κ2) is 6.33. The predicted octanol–water partition coefficient (Wildman–Crippen LogP) is 2.21. The number of benzene rings is 2. The molecule has 0 fully saturated rings. The molecule has 2 rings (SSSR count). The van der Waals surface area contributed by atoms with E-state index in [9.17, 15) is 14.4 Å². The lowest BCUT2D eigenvalue weighted by atomic mass is 10.1. The van der Waals surface area contributed by atoms with E-state index in [4.69, 9.17) is 10.5 Å². The Labute approximate surface area is 120 Å². The lowest BCUT2D eigenvalue weighted by Gasteiger charge is -2.10. The van der Waals surface area contributed by atoms with E-state index < -0.39 is 12.0 Å². The highest BCUT2D eigenvalue weighted by Gasteiger charge is 2.11. The number of rotatable bonds is 4. The zero-order valence-corrected chi connectivity index (χ0v) is 10.9. The molecule has 0 saturated carbocycles. The summed E-state index contributed by atoms with van der Waals surface area (Å²) in [5, 5.41) is 2.61. The molecule has 3 N–H and O–H groups in total. The van der Waals surface area contributed by atoms with Crippen LogP contribution in [0.4, 0.5) is 10.5 Å². The third-order valence-corrected chi connectivity index (χ3v) is 2.65. The number of anilines is 1. The molecule has 2 amide bonds. The summed E-state index contributed by atoms with van der Waals surface area (Å²) >= 11 is 0. The number of carbonyl (C=O) groups excluding carboxylic acids is 3. The number of amides is 2. The summed E-state index contributed by atoms with van der Waals surface area (Å²) in [5.74, 6) is -0.240. The standard InChI is InChI=1S/C15H12N2O4/c16-15(20)21-13-4-2-1-3-12(13)17-14(19)11-7-5-10(9-18)6-8-11/h1-9H,(H2,16,20)(H,17,19). The maximum atomic E-state index is 12.1. The van der Waals surface area contributed by atoms with Crippen molar-refractivity contribution in [3.05, 3.63) is 59.7 Å². The summed E-state index contributed by atoms with van der Waals surface area (Å²) in [7, 11) is 0. The largest absolute Gasteiger partial charge is 0.410 e. The molecule has 106 valence electrons. The molecular weight excluding hydrogens is 272 g/mol. The van der Waals surface area contributed by atoms with Gasteiger partial charge in [-0.15, -0.1) is 0 Å². The molecule has 0 aliphatic carbocycles. The number of hydrogen-bond donors (Lipinski definition) is 2. The van der Waals surface area contributed by atoms with Crippen molar-refractivity contribution in [1.29, 1.82) is 0 Å². The molecule has 0 radical (unpaired) electrons. The Hall–Kier alpha value is -3.15. The van der Waals surface area contributed by atoms with Crippen LogP contribution in [-0.2, 0) is 0 Å². The lowest BCUT2D eigenvalue weighted by Crippen LogP contribution is -2.18. The fourth-order valence-corrected chi connectivity index (χ4v) is 1.67. The first-order valence-electron chi connectivity index (χ1n) is 6.03. The van der Waals surface area contributed by atoms with E-state index in [0.29, 0.717) is 23.1 Å². The smallest absolute Gasteiger partial charge is 0.408 e. The van der Waals surface area contributed by atoms with E-state index in [1.165, 1.54) is 30.3 Å². The number of para-hydroxylation sites is 2. The third-order valence-electron chi connectivity index (χ3n) is 2.65. The van der Waals surface area contributed by atoms with Crippen molar-refractivity contribution in [2.75, 3.05) is 5.32 Å². The highest BCUT2D eigenvalue weighted by molar-refractivity contribution is 6.05. The first-order valence-corrected chi connectivity index (χ1v) is 6.03. The molecule has 0 bridgehead atoms. The first kappa shape index (κ1) is 14.3. The van der Waals surface area contributed by atoms with Crippen LogP contribution in [0.1, 0.15) is 20.7 Å². The molecule has 0 spiro atoms. The molecular formula is C15H12N2O4. The highest BCUT2D eigenvalue weighted by Crippen LogP contribution is 2.24. The molecule has 0 heterocycles. The van der Waals surface area contributed by atoms with Crippen LogP contribution in [0.5, 0.6) is 5.75 Å². The van der Waals surface area contributed by atoms with Crippen molar-refractivity contribution < 1.29 is 19.1 Å². The summed E-state index contributed by atoms with van der Waals surface area (Å²) in [6.45, 7) is 0. The zero-order valence-electron chi connectivity index (χ0n) is 10.9. The molecule has 0 unspecified atom stereocenters. The maximum absolute atomic E-state index is 12.1. The number of nitrogens with two attached hydrogens (primary N) is 1. The van der Waals surface area contributed by atoms with Gasteiger partial charge in [0.1, 0.15) is 6.29 Å². The molecule has 0 saturated heterocycles. The van der Waals surface area contributed by atoms with Crippen LogP contribution < -0.4 is 15.8 Å². The predicted molar refractivity (Wildman–Crippen MR) is 76.4 cm³/mol. The fraction of sp³-hybridized carbons (Fsp3) is 0. The number of hydrogen-bond acceptors (Lipinski definition) is 4. The lowest BCUT2D eigenvalue weighted by molar-refractivity contribution is 0.102. The number of carbonyl (C=O) groups is 3. The van der Waals surface area contributed by atoms with E-state index in [-0.39, 0.29) is 5.75 Å². The monoisotopic (exact) mass is 284 g/mol. The van der Waals surface area contributed by atoms with E-state index in [0.717, 1.165) is 0 Å². The van der Waals surface area contributed by atoms with Gasteiger partial charge in [-0.3, -0.25) is 9.59 Å². The number of primary amides is 1. The average Bonchev–Trinajstić information content (AvgIpc) is 2.49. The Morgan fingerprint density at radius 1 is 1.05 bits per heavy atom. The highest BCUT2D eigenvalue weighted by atomic mass is 16.5. The maximum Gasteiger partial charge on any atom is 0.410 e. The number of nitrogens with one attached hydrogen (secondary N) is 1. The van der Waals surface area contributed by atoms with Gasteiger partial charge < -0.3 is 15.8 Å². The van der Waals surface area contributed by atoms with Gasteiger partial charge in [0.2, 0.25) is 0 Å². The molecule has 0 aliphatic rings. The first-order chi connectivity index (χ1) is 10.1. The summed E-state index contributed by atoms with van der Waals surface area (Å²) in [6, 6.07) is 12.5. The SMILES string of the molecule is NC(=O)Oc1ccccc1NC(=O)c1ccc(C=O)cc1. The van der Waals surface area contributed by atoms with Gasteiger partial charge in [-0.05, 0) is 24.3 Å². The minimum absolute atomic E-state index is 0.155. The van der Waals surface area contributed by atoms with Crippen LogP contribution in [0.25, 0.3) is 0 Å². The summed E-state index contributed by atoms with van der Waals surface area (Å²) in [4.78, 5) is 33.4. The van der Waals surface area contributed by atoms with E-state index in [2.05, 4.69) is 5.32 Å². The second-order valence-electron chi connectivity index (χ2n) is 4.11. The van der Waals surface area contributed by atoms with Gasteiger partial charge in [0.25, 0.3) is 5.91 Å². The Kier molecular flexibility index (Phi) is 4.30. The summed E-state index contributed by atoms with van der Waals surface area (Å²) < 4.78 is 4.80. The molecule has 0 aromatic heterocycles. The van der Waals surface area contributed by atoms with Crippen molar-refractivity contribution in [3.63, 3.8) is 0 Å². The van der Waals surface area contributed by atoms with Gasteiger partial charge in [-0.25, -0.2) is 4.79 Å². The van der Waals surface area contributed by atoms with Crippen LogP contribution in [-0.4, -0.2) is 18.3 Å². The molecule has 0 atom stereocenters. The van der Waals surface area contributed by atoms with E-state index >= 15 is 0 Å². The Morgan fingerprint density at radius 3 is 2.33 bits per heavy atom. The van der Waals surface area contributed by atoms with Crippen molar-refractivity contribution >= 4 is 24.0 Å². The Bertz CT molecular complexity index is 680. The third kappa shape index (κ3) is 3.66. The van der Waals surface area contributed by atoms with Crippen molar-refractivity contribution in [1.82, 2.24) is 0 Å². The van der Waals surface area contributed by atoms with Gasteiger partial charge in [-0.1, -0.05) is 24.3 Å². The second-order valence-corrected chi connectivity index (χ2v) is 4.11. The van der Waals surface area contributed by atoms with Gasteiger partial charge >= 0.3 is 6.09 Å². The average molecular weight is 284 g/mol. The molecule has 2 aromatic carbocycles. The Balaban J connectivity index is 2.18. The van der Waals surface area contributed by atoms with Gasteiger partial charge in [-0.2, -0.15) is 0 Å². The van der Waals surface area contributed by atoms with Crippen LogP contribution in [0.3, 0.4) is 0 Å². The molecule has 0 aliphatic heterocycles. The summed E-state index contributed by atoms with van der Waals surface area (Å²) in [6.07, 6.45) is -0.274. The van der Waals surface area contributed by atoms with E-state index in [1.54, 1.807) is 18.2 Å². The van der Waals surface area contributed by atoms with Crippen LogP contribution >= 0.6 is 0 Å². The quantitative estimate of drug-likeness (QED) is 0.841. The van der Waals surface area contributed by atoms with Gasteiger partial charge in [0, 0.05) is 11.1 Å². The fourth-order valence-electron chi connectivity index (χ4n) is 1.67. The molecule has 6 heteroatoms. The minimum Gasteiger partial charge on any atom is -0.408 e. The van der Waals surface area contributed by atoms with Crippen molar-refractivity contribution in [2.24, 2.45) is 5.73 Å². The van der Waals surface area contributed by atoms with Crippen LogP contribution in [0, 0.1) is 0 Å². The minimum atomic E-state index is -0.966. The normalized spacial score (nSPS) is 9.71. The van der Waals surface area contributed by atoms with Crippen LogP contribution in [0.15, 0.2) is 48.5 Å². The van der Waals surface area contributed by atoms with Gasteiger partial charge in [0.05, 0.1) is 5.69 Å². The van der Waals surface area contributed by atoms with Crippen molar-refractivity contribution in [2.45, 2.75) is 0 Å². The summed E-state index contributed by atoms with van der Waals surface area (Å²) in [5.41, 5.74) is 6.13. The van der Waals surface area contributed by atoms with Crippen molar-refractivity contribution in [3.8, 4) is 5.75 Å². The van der Waals surface area contributed by atoms with Gasteiger partial charge in [0.15, 0.2) is 5.75 Å². The number of ether oxygens (including phenoxy) is 1. The van der Waals surface area contributed by atoms with E-state index in [1.807, 2.05) is 0 Å². The molecule has 6 nitrogen and oxygen atoms in total. The zero-order chi connectivity index (χ0) is 15.2. The topological polar surface area (TPSA) is 98.5 Å². The molecule has 21 heavy (non-hydrogen) atoms. The number of aldehydes is 1.